The molecule has 2 heterocycles. The van der Waals surface area contributed by atoms with Gasteiger partial charge in [-0.25, -0.2) is 9.67 Å². The number of rotatable bonds is 5. The molecule has 2 aromatic heterocycles. The molecule has 0 aliphatic carbocycles. The van der Waals surface area contributed by atoms with Crippen molar-refractivity contribution < 1.29 is 22.9 Å². The molecule has 2 aromatic carbocycles. The zero-order valence-corrected chi connectivity index (χ0v) is 16.0. The number of Topliss-reactive ketones (excluding diaryl/α,β-unsaturated/α-hetero) is 1. The van der Waals surface area contributed by atoms with Gasteiger partial charge in [-0.1, -0.05) is 24.3 Å². The maximum Gasteiger partial charge on any atom is 0.416 e. The first-order valence-corrected chi connectivity index (χ1v) is 9.04. The van der Waals surface area contributed by atoms with Crippen molar-refractivity contribution in [1.82, 2.24) is 19.3 Å². The highest BCUT2D eigenvalue weighted by molar-refractivity contribution is 5.96. The first-order valence-electron chi connectivity index (χ1n) is 9.04. The summed E-state index contributed by atoms with van der Waals surface area (Å²) in [7, 11) is 0. The Morgan fingerprint density at radius 1 is 1.12 bits per heavy atom. The molecule has 32 heavy (non-hydrogen) atoms. The third-order valence-electron chi connectivity index (χ3n) is 4.69. The molecular weight excluding hydrogens is 431 g/mol. The van der Waals surface area contributed by atoms with Crippen LogP contribution in [0.5, 0.6) is 0 Å². The van der Waals surface area contributed by atoms with Gasteiger partial charge < -0.3 is 0 Å². The summed E-state index contributed by atoms with van der Waals surface area (Å²) in [5.74, 6) is -0.717. The van der Waals surface area contributed by atoms with Crippen LogP contribution in [0.3, 0.4) is 0 Å². The highest BCUT2D eigenvalue weighted by Crippen LogP contribution is 2.29. The molecule has 4 aromatic rings. The molecule has 0 unspecified atom stereocenters. The minimum absolute atomic E-state index is 0.0116. The van der Waals surface area contributed by atoms with E-state index in [2.05, 4.69) is 10.1 Å². The lowest BCUT2D eigenvalue weighted by molar-refractivity contribution is -0.384. The monoisotopic (exact) mass is 443 g/mol. The molecule has 0 saturated heterocycles. The van der Waals surface area contributed by atoms with Crippen LogP contribution in [-0.2, 0) is 12.7 Å². The van der Waals surface area contributed by atoms with Gasteiger partial charge in [-0.05, 0) is 18.2 Å². The van der Waals surface area contributed by atoms with E-state index in [1.807, 2.05) is 0 Å². The van der Waals surface area contributed by atoms with Crippen LogP contribution >= 0.6 is 0 Å². The number of nitro benzene ring substituents is 1. The van der Waals surface area contributed by atoms with E-state index in [0.717, 1.165) is 33.9 Å². The van der Waals surface area contributed by atoms with Crippen LogP contribution < -0.4 is 5.56 Å². The van der Waals surface area contributed by atoms with E-state index in [-0.39, 0.29) is 28.0 Å². The lowest BCUT2D eigenvalue weighted by atomic mass is 10.1. The number of ketones is 1. The van der Waals surface area contributed by atoms with E-state index in [1.54, 1.807) is 6.07 Å². The molecule has 0 radical (unpaired) electrons. The largest absolute Gasteiger partial charge is 0.416 e. The fourth-order valence-corrected chi connectivity index (χ4v) is 3.15. The van der Waals surface area contributed by atoms with E-state index in [0.29, 0.717) is 6.07 Å². The normalized spacial score (nSPS) is 11.6. The van der Waals surface area contributed by atoms with Crippen molar-refractivity contribution in [2.24, 2.45) is 0 Å². The van der Waals surface area contributed by atoms with Crippen molar-refractivity contribution in [1.29, 1.82) is 0 Å². The lowest BCUT2D eigenvalue weighted by Crippen LogP contribution is -2.24. The predicted molar refractivity (Wildman–Crippen MR) is 106 cm³/mol. The fourth-order valence-electron chi connectivity index (χ4n) is 3.15. The van der Waals surface area contributed by atoms with Crippen LogP contribution in [0, 0.1) is 10.1 Å². The zero-order chi connectivity index (χ0) is 23.0. The number of hydrogen-bond acceptors (Lipinski definition) is 6. The Hall–Kier alpha value is -4.35. The zero-order valence-electron chi connectivity index (χ0n) is 16.0. The Balaban J connectivity index is 1.70. The molecule has 4 rings (SSSR count). The summed E-state index contributed by atoms with van der Waals surface area (Å²) in [6.45, 7) is -0.542. The second-order valence-electron chi connectivity index (χ2n) is 6.72. The highest BCUT2D eigenvalue weighted by atomic mass is 19.4. The van der Waals surface area contributed by atoms with Gasteiger partial charge in [0.2, 0.25) is 0 Å². The molecule has 0 aliphatic rings. The Morgan fingerprint density at radius 3 is 2.59 bits per heavy atom. The molecule has 0 atom stereocenters. The summed E-state index contributed by atoms with van der Waals surface area (Å²) >= 11 is 0. The van der Waals surface area contributed by atoms with Crippen LogP contribution in [0.15, 0.2) is 65.8 Å². The number of fused-ring (bicyclic) bond motifs is 1. The molecule has 0 amide bonds. The summed E-state index contributed by atoms with van der Waals surface area (Å²) < 4.78 is 40.7. The van der Waals surface area contributed by atoms with Gasteiger partial charge in [-0.15, -0.1) is 0 Å². The topological polar surface area (TPSA) is 113 Å². The smallest absolute Gasteiger partial charge is 0.292 e. The molecule has 162 valence electrons. The van der Waals surface area contributed by atoms with Gasteiger partial charge in [0, 0.05) is 11.6 Å². The van der Waals surface area contributed by atoms with Gasteiger partial charge in [0.1, 0.15) is 17.4 Å². The first kappa shape index (κ1) is 20.9. The number of benzene rings is 2. The van der Waals surface area contributed by atoms with Crippen LogP contribution in [-0.4, -0.2) is 30.0 Å². The molecule has 12 heteroatoms. The Labute approximate surface area is 176 Å². The molecule has 0 aliphatic heterocycles. The van der Waals surface area contributed by atoms with Gasteiger partial charge in [-0.2, -0.15) is 18.3 Å². The molecule has 0 N–H and O–H groups in total. The van der Waals surface area contributed by atoms with E-state index < -0.39 is 34.6 Å². The van der Waals surface area contributed by atoms with E-state index in [4.69, 9.17) is 0 Å². The third kappa shape index (κ3) is 3.73. The number of aromatic nitrogens is 4. The average Bonchev–Trinajstić information content (AvgIpc) is 3.20. The van der Waals surface area contributed by atoms with Crippen LogP contribution in [0.2, 0.25) is 0 Å². The molecule has 0 spiro atoms. The number of nitrogens with zero attached hydrogens (tertiary/aromatic N) is 5. The van der Waals surface area contributed by atoms with Crippen molar-refractivity contribution in [3.05, 3.63) is 92.7 Å². The molecule has 0 bridgehead atoms. The number of carbonyl (C=O) groups is 1. The van der Waals surface area contributed by atoms with Crippen molar-refractivity contribution in [3.8, 4) is 5.69 Å². The molecular formula is C20H12F3N5O4. The minimum atomic E-state index is -4.61. The second kappa shape index (κ2) is 7.72. The van der Waals surface area contributed by atoms with Gasteiger partial charge >= 0.3 is 6.18 Å². The summed E-state index contributed by atoms with van der Waals surface area (Å²) in [4.78, 5) is 40.0. The number of halogens is 3. The van der Waals surface area contributed by atoms with Crippen LogP contribution in [0.1, 0.15) is 15.9 Å². The fraction of sp³-hybridized carbons (Fsp3) is 0.100. The van der Waals surface area contributed by atoms with Gasteiger partial charge in [0.15, 0.2) is 11.4 Å². The van der Waals surface area contributed by atoms with Gasteiger partial charge in [0.05, 0.1) is 23.2 Å². The summed E-state index contributed by atoms with van der Waals surface area (Å²) in [6, 6.07) is 9.64. The van der Waals surface area contributed by atoms with Crippen molar-refractivity contribution in [3.63, 3.8) is 0 Å². The number of carbonyl (C=O) groups excluding carboxylic acids is 1. The Morgan fingerprint density at radius 2 is 1.88 bits per heavy atom. The standard InChI is InChI=1S/C20H12F3N5O4/c21-20(22,23)13-5-3-4-12(8-13)17(29)10-26-11-24-18-14(19(26)30)9-25-27(18)15-6-1-2-7-16(15)28(31)32/h1-9,11H,10H2. The Kier molecular flexibility index (Phi) is 5.04. The van der Waals surface area contributed by atoms with Gasteiger partial charge in [0.25, 0.3) is 11.2 Å². The van der Waals surface area contributed by atoms with Crippen molar-refractivity contribution in [2.75, 3.05) is 0 Å². The molecule has 9 nitrogen and oxygen atoms in total. The van der Waals surface area contributed by atoms with Crippen molar-refractivity contribution in [2.45, 2.75) is 12.7 Å². The van der Waals surface area contributed by atoms with E-state index >= 15 is 0 Å². The summed E-state index contributed by atoms with van der Waals surface area (Å²) in [5, 5.41) is 15.3. The molecule has 0 fully saturated rings. The predicted octanol–water partition coefficient (Wildman–Crippen LogP) is 3.39. The van der Waals surface area contributed by atoms with Gasteiger partial charge in [-0.3, -0.25) is 24.3 Å². The maximum atomic E-state index is 12.9. The average molecular weight is 443 g/mol. The van der Waals surface area contributed by atoms with E-state index in [9.17, 15) is 32.9 Å². The highest BCUT2D eigenvalue weighted by Gasteiger charge is 2.31. The number of para-hydroxylation sites is 2. The molecule has 0 saturated carbocycles. The lowest BCUT2D eigenvalue weighted by Gasteiger charge is -2.09. The van der Waals surface area contributed by atoms with Crippen molar-refractivity contribution >= 4 is 22.5 Å². The van der Waals surface area contributed by atoms with Crippen LogP contribution in [0.4, 0.5) is 18.9 Å². The minimum Gasteiger partial charge on any atom is -0.292 e. The number of alkyl halides is 3. The first-order chi connectivity index (χ1) is 15.2. The van der Waals surface area contributed by atoms with E-state index in [1.165, 1.54) is 24.3 Å². The number of nitro groups is 1. The Bertz CT molecular complexity index is 1420. The maximum absolute atomic E-state index is 12.9. The number of hydrogen-bond donors (Lipinski definition) is 0. The summed E-state index contributed by atoms with van der Waals surface area (Å²) in [5.41, 5.74) is -1.97. The third-order valence-corrected chi connectivity index (χ3v) is 4.69. The SMILES string of the molecule is O=C(Cn1cnc2c(cnn2-c2ccccc2[N+](=O)[O-])c1=O)c1cccc(C(F)(F)F)c1. The van der Waals surface area contributed by atoms with Crippen LogP contribution in [0.25, 0.3) is 16.7 Å². The second-order valence-corrected chi connectivity index (χ2v) is 6.72. The quantitative estimate of drug-likeness (QED) is 0.265. The summed E-state index contributed by atoms with van der Waals surface area (Å²) in [6.07, 6.45) is -2.40.